The van der Waals surface area contributed by atoms with Crippen LogP contribution in [-0.4, -0.2) is 4.98 Å². The van der Waals surface area contributed by atoms with E-state index >= 15 is 0 Å². The quantitative estimate of drug-likeness (QED) is 0.715. The Bertz CT molecular complexity index is 675. The van der Waals surface area contributed by atoms with Gasteiger partial charge in [-0.2, -0.15) is 0 Å². The highest BCUT2D eigenvalue weighted by Gasteiger charge is 2.03. The zero-order valence-corrected chi connectivity index (χ0v) is 10.2. The Balaban J connectivity index is 2.04. The highest BCUT2D eigenvalue weighted by Crippen LogP contribution is 2.22. The second-order valence-electron chi connectivity index (χ2n) is 4.34. The summed E-state index contributed by atoms with van der Waals surface area (Å²) in [6, 6.07) is 20.4. The predicted octanol–water partition coefficient (Wildman–Crippen LogP) is 4.29. The van der Waals surface area contributed by atoms with Gasteiger partial charge in [-0.05, 0) is 36.8 Å². The summed E-state index contributed by atoms with van der Waals surface area (Å²) in [5, 5.41) is 4.53. The smallest absolute Gasteiger partial charge is 0.134 e. The summed E-state index contributed by atoms with van der Waals surface area (Å²) in [4.78, 5) is 4.66. The molecule has 0 spiro atoms. The third-order valence-corrected chi connectivity index (χ3v) is 2.95. The zero-order valence-electron chi connectivity index (χ0n) is 10.2. The van der Waals surface area contributed by atoms with Crippen molar-refractivity contribution in [3.63, 3.8) is 0 Å². The van der Waals surface area contributed by atoms with Gasteiger partial charge in [-0.3, -0.25) is 0 Å². The number of nitrogens with one attached hydrogen (secondary N) is 1. The van der Waals surface area contributed by atoms with Gasteiger partial charge in [-0.25, -0.2) is 4.98 Å². The van der Waals surface area contributed by atoms with Crippen molar-refractivity contribution in [1.82, 2.24) is 4.98 Å². The van der Waals surface area contributed by atoms with Crippen molar-refractivity contribution in [2.75, 3.05) is 5.32 Å². The number of anilines is 2. The lowest BCUT2D eigenvalue weighted by atomic mass is 10.1. The van der Waals surface area contributed by atoms with Crippen molar-refractivity contribution in [3.8, 4) is 0 Å². The number of para-hydroxylation sites is 2. The minimum Gasteiger partial charge on any atom is -0.340 e. The minimum atomic E-state index is 0.917. The number of rotatable bonds is 2. The molecule has 0 aliphatic heterocycles. The van der Waals surface area contributed by atoms with Crippen molar-refractivity contribution in [2.24, 2.45) is 0 Å². The van der Waals surface area contributed by atoms with E-state index in [9.17, 15) is 0 Å². The van der Waals surface area contributed by atoms with Gasteiger partial charge in [0.05, 0.1) is 5.52 Å². The van der Waals surface area contributed by atoms with Crippen LogP contribution in [0.4, 0.5) is 11.5 Å². The van der Waals surface area contributed by atoms with Gasteiger partial charge in [0.1, 0.15) is 5.82 Å². The summed E-state index contributed by atoms with van der Waals surface area (Å²) in [5.41, 5.74) is 3.22. The fraction of sp³-hybridized carbons (Fsp3) is 0.0625. The first-order chi connectivity index (χ1) is 8.83. The lowest BCUT2D eigenvalue weighted by Crippen LogP contribution is -1.96. The number of hydrogen-bond acceptors (Lipinski definition) is 2. The molecule has 1 aromatic heterocycles. The molecule has 0 radical (unpaired) electrons. The second-order valence-corrected chi connectivity index (χ2v) is 4.34. The molecule has 3 aromatic rings. The van der Waals surface area contributed by atoms with Gasteiger partial charge >= 0.3 is 0 Å². The number of fused-ring (bicyclic) bond motifs is 1. The van der Waals surface area contributed by atoms with Gasteiger partial charge in [0.15, 0.2) is 0 Å². The van der Waals surface area contributed by atoms with E-state index in [4.69, 9.17) is 0 Å². The SMILES string of the molecule is Cc1cc2ccccc2nc1Nc1ccccc1. The predicted molar refractivity (Wildman–Crippen MR) is 76.2 cm³/mol. The topological polar surface area (TPSA) is 24.9 Å². The number of nitrogens with zero attached hydrogens (tertiary/aromatic N) is 1. The molecule has 0 bridgehead atoms. The molecule has 0 unspecified atom stereocenters. The lowest BCUT2D eigenvalue weighted by Gasteiger charge is -2.09. The van der Waals surface area contributed by atoms with Crippen LogP contribution in [0.25, 0.3) is 10.9 Å². The summed E-state index contributed by atoms with van der Waals surface area (Å²) in [7, 11) is 0. The van der Waals surface area contributed by atoms with E-state index < -0.39 is 0 Å². The van der Waals surface area contributed by atoms with E-state index in [0.29, 0.717) is 0 Å². The Kier molecular flexibility index (Phi) is 2.69. The van der Waals surface area contributed by atoms with Crippen molar-refractivity contribution in [1.29, 1.82) is 0 Å². The van der Waals surface area contributed by atoms with Crippen LogP contribution in [-0.2, 0) is 0 Å². The van der Waals surface area contributed by atoms with E-state index in [2.05, 4.69) is 29.4 Å². The van der Waals surface area contributed by atoms with Gasteiger partial charge in [-0.1, -0.05) is 36.4 Å². The lowest BCUT2D eigenvalue weighted by molar-refractivity contribution is 1.31. The molecule has 3 rings (SSSR count). The van der Waals surface area contributed by atoms with Crippen LogP contribution in [0, 0.1) is 6.92 Å². The molecule has 2 heteroatoms. The van der Waals surface area contributed by atoms with E-state index in [1.165, 1.54) is 5.39 Å². The van der Waals surface area contributed by atoms with Crippen molar-refractivity contribution < 1.29 is 0 Å². The van der Waals surface area contributed by atoms with E-state index in [0.717, 1.165) is 22.6 Å². The Morgan fingerprint density at radius 1 is 0.889 bits per heavy atom. The number of pyridine rings is 1. The van der Waals surface area contributed by atoms with Gasteiger partial charge in [0.25, 0.3) is 0 Å². The number of aryl methyl sites for hydroxylation is 1. The first kappa shape index (κ1) is 10.8. The van der Waals surface area contributed by atoms with E-state index in [-0.39, 0.29) is 0 Å². The molecule has 0 aliphatic rings. The van der Waals surface area contributed by atoms with Crippen LogP contribution in [0.2, 0.25) is 0 Å². The maximum absolute atomic E-state index is 4.66. The average Bonchev–Trinajstić information content (AvgIpc) is 2.41. The maximum atomic E-state index is 4.66. The second kappa shape index (κ2) is 4.49. The molecule has 0 atom stereocenters. The van der Waals surface area contributed by atoms with Crippen LogP contribution in [0.1, 0.15) is 5.56 Å². The Hall–Kier alpha value is -2.35. The molecule has 0 saturated heterocycles. The monoisotopic (exact) mass is 234 g/mol. The molecule has 0 aliphatic carbocycles. The first-order valence-electron chi connectivity index (χ1n) is 6.01. The summed E-state index contributed by atoms with van der Waals surface area (Å²) in [5.74, 6) is 0.917. The van der Waals surface area contributed by atoms with Crippen molar-refractivity contribution in [3.05, 3.63) is 66.2 Å². The van der Waals surface area contributed by atoms with Crippen LogP contribution in [0.3, 0.4) is 0 Å². The van der Waals surface area contributed by atoms with E-state index in [1.54, 1.807) is 0 Å². The molecule has 0 fully saturated rings. The summed E-state index contributed by atoms with van der Waals surface area (Å²) in [6.07, 6.45) is 0. The molecule has 2 aromatic carbocycles. The Labute approximate surface area is 106 Å². The average molecular weight is 234 g/mol. The van der Waals surface area contributed by atoms with Crippen molar-refractivity contribution in [2.45, 2.75) is 6.92 Å². The van der Waals surface area contributed by atoms with Gasteiger partial charge in [-0.15, -0.1) is 0 Å². The van der Waals surface area contributed by atoms with Crippen LogP contribution in [0.5, 0.6) is 0 Å². The normalized spacial score (nSPS) is 10.5. The third-order valence-electron chi connectivity index (χ3n) is 2.95. The molecule has 88 valence electrons. The maximum Gasteiger partial charge on any atom is 0.134 e. The molecule has 1 N–H and O–H groups in total. The van der Waals surface area contributed by atoms with Crippen LogP contribution in [0.15, 0.2) is 60.7 Å². The molecule has 18 heavy (non-hydrogen) atoms. The largest absolute Gasteiger partial charge is 0.340 e. The number of benzene rings is 2. The Morgan fingerprint density at radius 2 is 1.61 bits per heavy atom. The highest BCUT2D eigenvalue weighted by molar-refractivity contribution is 5.82. The third kappa shape index (κ3) is 2.05. The molecule has 0 saturated carbocycles. The number of aromatic nitrogens is 1. The zero-order chi connectivity index (χ0) is 12.4. The Morgan fingerprint density at radius 3 is 2.44 bits per heavy atom. The van der Waals surface area contributed by atoms with Gasteiger partial charge < -0.3 is 5.32 Å². The fourth-order valence-corrected chi connectivity index (χ4v) is 2.01. The first-order valence-corrected chi connectivity index (χ1v) is 6.01. The minimum absolute atomic E-state index is 0.917. The van der Waals surface area contributed by atoms with Gasteiger partial charge in [0, 0.05) is 11.1 Å². The summed E-state index contributed by atoms with van der Waals surface area (Å²) in [6.45, 7) is 2.07. The van der Waals surface area contributed by atoms with Crippen LogP contribution >= 0.6 is 0 Å². The van der Waals surface area contributed by atoms with Crippen molar-refractivity contribution >= 4 is 22.4 Å². The summed E-state index contributed by atoms with van der Waals surface area (Å²) >= 11 is 0. The molecule has 0 amide bonds. The highest BCUT2D eigenvalue weighted by atomic mass is 15.0. The van der Waals surface area contributed by atoms with Crippen LogP contribution < -0.4 is 5.32 Å². The number of hydrogen-bond donors (Lipinski definition) is 1. The molecule has 2 nitrogen and oxygen atoms in total. The molecule has 1 heterocycles. The summed E-state index contributed by atoms with van der Waals surface area (Å²) < 4.78 is 0. The van der Waals surface area contributed by atoms with E-state index in [1.807, 2.05) is 48.5 Å². The standard InChI is InChI=1S/C16H14N2/c1-12-11-13-7-5-6-10-15(13)18-16(12)17-14-8-3-2-4-9-14/h2-11H,1H3,(H,17,18). The molecular weight excluding hydrogens is 220 g/mol. The van der Waals surface area contributed by atoms with Gasteiger partial charge in [0.2, 0.25) is 0 Å². The molecular formula is C16H14N2. The fourth-order valence-electron chi connectivity index (χ4n) is 2.01.